The quantitative estimate of drug-likeness (QED) is 0.902. The molecule has 5 nitrogen and oxygen atoms in total. The van der Waals surface area contributed by atoms with Gasteiger partial charge in [0.15, 0.2) is 0 Å². The second-order valence-electron chi connectivity index (χ2n) is 6.15. The van der Waals surface area contributed by atoms with E-state index < -0.39 is 0 Å². The minimum absolute atomic E-state index is 0.246. The Bertz CT molecular complexity index is 491. The van der Waals surface area contributed by atoms with Crippen LogP contribution < -0.4 is 5.32 Å². The fourth-order valence-corrected chi connectivity index (χ4v) is 3.56. The lowest BCUT2D eigenvalue weighted by Crippen LogP contribution is -2.32. The SMILES string of the molecule is CNc1nc(C2CN(C)CCCN2C)nc(C(C)C)c1Br. The molecule has 1 fully saturated rings. The van der Waals surface area contributed by atoms with Crippen molar-refractivity contribution in [2.24, 2.45) is 0 Å². The third-order valence-corrected chi connectivity index (χ3v) is 4.82. The summed E-state index contributed by atoms with van der Waals surface area (Å²) in [4.78, 5) is 14.4. The molecule has 0 aliphatic carbocycles. The first-order valence-corrected chi connectivity index (χ1v) is 8.37. The number of nitrogens with one attached hydrogen (secondary N) is 1. The van der Waals surface area contributed by atoms with Gasteiger partial charge in [-0.25, -0.2) is 9.97 Å². The van der Waals surface area contributed by atoms with Crippen molar-refractivity contribution in [2.45, 2.75) is 32.2 Å². The van der Waals surface area contributed by atoms with Gasteiger partial charge in [0, 0.05) is 13.6 Å². The zero-order valence-electron chi connectivity index (χ0n) is 13.6. The number of rotatable bonds is 3. The molecule has 21 heavy (non-hydrogen) atoms. The lowest BCUT2D eigenvalue weighted by molar-refractivity contribution is 0.219. The van der Waals surface area contributed by atoms with Crippen LogP contribution in [-0.4, -0.2) is 60.5 Å². The molecule has 1 aliphatic heterocycles. The topological polar surface area (TPSA) is 44.3 Å². The predicted molar refractivity (Wildman–Crippen MR) is 90.9 cm³/mol. The second kappa shape index (κ2) is 7.03. The zero-order valence-corrected chi connectivity index (χ0v) is 15.2. The van der Waals surface area contributed by atoms with Crippen molar-refractivity contribution in [2.75, 3.05) is 46.1 Å². The van der Waals surface area contributed by atoms with Gasteiger partial charge >= 0.3 is 0 Å². The van der Waals surface area contributed by atoms with Crippen molar-refractivity contribution < 1.29 is 0 Å². The predicted octanol–water partition coefficient (Wildman–Crippen LogP) is 2.71. The Kier molecular flexibility index (Phi) is 5.57. The van der Waals surface area contributed by atoms with Gasteiger partial charge in [-0.05, 0) is 55.5 Å². The van der Waals surface area contributed by atoms with Crippen molar-refractivity contribution in [3.05, 3.63) is 16.0 Å². The van der Waals surface area contributed by atoms with Gasteiger partial charge in [0.05, 0.1) is 16.2 Å². The third kappa shape index (κ3) is 3.73. The van der Waals surface area contributed by atoms with Crippen LogP contribution in [0.2, 0.25) is 0 Å². The Morgan fingerprint density at radius 2 is 1.95 bits per heavy atom. The monoisotopic (exact) mass is 355 g/mol. The number of hydrogen-bond acceptors (Lipinski definition) is 5. The number of likely N-dealkylation sites (N-methyl/N-ethyl adjacent to an activating group) is 2. The Hall–Kier alpha value is -0.720. The summed E-state index contributed by atoms with van der Waals surface area (Å²) in [6.45, 7) is 7.52. The Morgan fingerprint density at radius 1 is 1.24 bits per heavy atom. The van der Waals surface area contributed by atoms with E-state index in [1.807, 2.05) is 7.05 Å². The summed E-state index contributed by atoms with van der Waals surface area (Å²) in [5.74, 6) is 2.16. The first-order chi connectivity index (χ1) is 9.93. The van der Waals surface area contributed by atoms with E-state index in [1.54, 1.807) is 0 Å². The molecule has 0 amide bonds. The van der Waals surface area contributed by atoms with E-state index in [2.05, 4.69) is 59.0 Å². The van der Waals surface area contributed by atoms with Gasteiger partial charge in [-0.3, -0.25) is 4.90 Å². The molecule has 1 unspecified atom stereocenters. The number of nitrogens with zero attached hydrogens (tertiary/aromatic N) is 4. The molecule has 1 aromatic heterocycles. The molecule has 0 aromatic carbocycles. The molecule has 2 rings (SSSR count). The van der Waals surface area contributed by atoms with E-state index in [9.17, 15) is 0 Å². The third-order valence-electron chi connectivity index (χ3n) is 4.04. The number of hydrogen-bond donors (Lipinski definition) is 1. The van der Waals surface area contributed by atoms with Crippen molar-refractivity contribution in [1.82, 2.24) is 19.8 Å². The fourth-order valence-electron chi connectivity index (χ4n) is 2.73. The minimum atomic E-state index is 0.246. The maximum absolute atomic E-state index is 4.86. The maximum Gasteiger partial charge on any atom is 0.149 e. The molecule has 1 saturated heterocycles. The van der Waals surface area contributed by atoms with Crippen LogP contribution in [0.3, 0.4) is 0 Å². The normalized spacial score (nSPS) is 21.6. The Morgan fingerprint density at radius 3 is 2.57 bits per heavy atom. The van der Waals surface area contributed by atoms with Crippen LogP contribution in [0.5, 0.6) is 0 Å². The van der Waals surface area contributed by atoms with Gasteiger partial charge in [0.25, 0.3) is 0 Å². The van der Waals surface area contributed by atoms with Crippen LogP contribution in [0.4, 0.5) is 5.82 Å². The van der Waals surface area contributed by atoms with Crippen molar-refractivity contribution in [3.63, 3.8) is 0 Å². The van der Waals surface area contributed by atoms with Gasteiger partial charge in [0.1, 0.15) is 11.6 Å². The second-order valence-corrected chi connectivity index (χ2v) is 6.94. The largest absolute Gasteiger partial charge is 0.372 e. The first-order valence-electron chi connectivity index (χ1n) is 7.58. The van der Waals surface area contributed by atoms with Crippen molar-refractivity contribution in [1.29, 1.82) is 0 Å². The molecule has 0 bridgehead atoms. The highest BCUT2D eigenvalue weighted by Gasteiger charge is 2.26. The first kappa shape index (κ1) is 16.6. The van der Waals surface area contributed by atoms with Crippen LogP contribution in [-0.2, 0) is 0 Å². The molecule has 1 atom stereocenters. The van der Waals surface area contributed by atoms with Crippen LogP contribution in [0.15, 0.2) is 4.47 Å². The minimum Gasteiger partial charge on any atom is -0.372 e. The van der Waals surface area contributed by atoms with E-state index in [0.29, 0.717) is 5.92 Å². The van der Waals surface area contributed by atoms with Gasteiger partial charge in [-0.2, -0.15) is 0 Å². The van der Waals surface area contributed by atoms with Crippen LogP contribution in [0.25, 0.3) is 0 Å². The summed E-state index contributed by atoms with van der Waals surface area (Å²) in [5.41, 5.74) is 1.07. The fraction of sp³-hybridized carbons (Fsp3) is 0.733. The molecule has 6 heteroatoms. The van der Waals surface area contributed by atoms with E-state index >= 15 is 0 Å². The molecule has 0 radical (unpaired) electrons. The Balaban J connectivity index is 2.44. The average molecular weight is 356 g/mol. The number of aromatic nitrogens is 2. The molecular formula is C15H26BrN5. The number of halogens is 1. The molecular weight excluding hydrogens is 330 g/mol. The maximum atomic E-state index is 4.86. The molecule has 0 spiro atoms. The smallest absolute Gasteiger partial charge is 0.149 e. The van der Waals surface area contributed by atoms with Crippen LogP contribution in [0, 0.1) is 0 Å². The standard InChI is InChI=1S/C15H26BrN5/c1-10(2)13-12(16)15(17-3)19-14(18-13)11-9-20(4)7-6-8-21(11)5/h10-11H,6-9H2,1-5H3,(H,17,18,19). The highest BCUT2D eigenvalue weighted by atomic mass is 79.9. The number of anilines is 1. The molecule has 118 valence electrons. The zero-order chi connectivity index (χ0) is 15.6. The van der Waals surface area contributed by atoms with Crippen LogP contribution in [0.1, 0.15) is 43.7 Å². The molecule has 1 aliphatic rings. The molecule has 1 aromatic rings. The molecule has 0 saturated carbocycles. The van der Waals surface area contributed by atoms with Crippen molar-refractivity contribution >= 4 is 21.7 Å². The lowest BCUT2D eigenvalue weighted by atomic mass is 10.1. The van der Waals surface area contributed by atoms with E-state index in [4.69, 9.17) is 9.97 Å². The summed E-state index contributed by atoms with van der Waals surface area (Å²) >= 11 is 3.63. The summed E-state index contributed by atoms with van der Waals surface area (Å²) in [7, 11) is 6.25. The Labute approximate surface area is 136 Å². The van der Waals surface area contributed by atoms with Gasteiger partial charge in [0.2, 0.25) is 0 Å². The van der Waals surface area contributed by atoms with E-state index in [0.717, 1.165) is 41.4 Å². The summed E-state index contributed by atoms with van der Waals surface area (Å²) in [5, 5.41) is 3.18. The summed E-state index contributed by atoms with van der Waals surface area (Å²) in [6.07, 6.45) is 1.19. The van der Waals surface area contributed by atoms with Gasteiger partial charge in [-0.15, -0.1) is 0 Å². The van der Waals surface area contributed by atoms with Gasteiger partial charge < -0.3 is 10.2 Å². The molecule has 2 heterocycles. The van der Waals surface area contributed by atoms with Gasteiger partial charge in [-0.1, -0.05) is 13.8 Å². The average Bonchev–Trinajstić information content (AvgIpc) is 2.60. The summed E-state index contributed by atoms with van der Waals surface area (Å²) in [6, 6.07) is 0.246. The lowest BCUT2D eigenvalue weighted by Gasteiger charge is -2.27. The van der Waals surface area contributed by atoms with E-state index in [-0.39, 0.29) is 6.04 Å². The van der Waals surface area contributed by atoms with Crippen LogP contribution >= 0.6 is 15.9 Å². The van der Waals surface area contributed by atoms with E-state index in [1.165, 1.54) is 6.42 Å². The highest BCUT2D eigenvalue weighted by Crippen LogP contribution is 2.31. The van der Waals surface area contributed by atoms with Crippen molar-refractivity contribution in [3.8, 4) is 0 Å². The highest BCUT2D eigenvalue weighted by molar-refractivity contribution is 9.10. The molecule has 1 N–H and O–H groups in total. The summed E-state index contributed by atoms with van der Waals surface area (Å²) < 4.78 is 0.980.